The van der Waals surface area contributed by atoms with E-state index in [1.54, 1.807) is 12.1 Å². The van der Waals surface area contributed by atoms with Crippen LogP contribution in [0, 0.1) is 0 Å². The number of hydrogen-bond acceptors (Lipinski definition) is 4. The van der Waals surface area contributed by atoms with Crippen LogP contribution in [0.15, 0.2) is 42.5 Å². The van der Waals surface area contributed by atoms with Crippen molar-refractivity contribution in [3.8, 4) is 0 Å². The molecule has 2 aromatic carbocycles. The number of Topliss-reactive ketones (excluding diaryl/α,β-unsaturated/α-hetero) is 1. The maximum absolute atomic E-state index is 14.5. The quantitative estimate of drug-likeness (QED) is 0.668. The molecule has 4 rings (SSSR count). The van der Waals surface area contributed by atoms with Gasteiger partial charge in [-0.2, -0.15) is 8.78 Å². The summed E-state index contributed by atoms with van der Waals surface area (Å²) in [5, 5.41) is 2.38. The highest BCUT2D eigenvalue weighted by atomic mass is 35.5. The van der Waals surface area contributed by atoms with Gasteiger partial charge in [-0.15, -0.1) is 0 Å². The molecule has 1 N–H and O–H groups in total. The molecule has 6 nitrogen and oxygen atoms in total. The molecule has 1 saturated heterocycles. The van der Waals surface area contributed by atoms with Gasteiger partial charge in [0.1, 0.15) is 6.02 Å². The molecule has 2 aromatic rings. The number of amides is 3. The molecule has 0 bridgehead atoms. The average Bonchev–Trinajstić information content (AvgIpc) is 3.11. The molecule has 0 spiro atoms. The lowest BCUT2D eigenvalue weighted by molar-refractivity contribution is -0.144. The molecule has 1 fully saturated rings. The zero-order valence-corrected chi connectivity index (χ0v) is 17.5. The van der Waals surface area contributed by atoms with E-state index < -0.39 is 47.4 Å². The lowest BCUT2D eigenvalue weighted by Crippen LogP contribution is -2.52. The lowest BCUT2D eigenvalue weighted by Gasteiger charge is -2.29. The Hall–Kier alpha value is -3.13. The smallest absolute Gasteiger partial charge is 0.322 e. The van der Waals surface area contributed by atoms with E-state index in [1.165, 1.54) is 18.2 Å². The summed E-state index contributed by atoms with van der Waals surface area (Å²) in [4.78, 5) is 49.8. The predicted octanol–water partition coefficient (Wildman–Crippen LogP) is 3.39. The Balaban J connectivity index is 1.46. The van der Waals surface area contributed by atoms with Gasteiger partial charge in [-0.3, -0.25) is 24.5 Å². The summed E-state index contributed by atoms with van der Waals surface area (Å²) in [7, 11) is 0. The fourth-order valence-electron chi connectivity index (χ4n) is 3.85. The fraction of sp³-hybridized carbons (Fsp3) is 0.304. The zero-order chi connectivity index (χ0) is 24.0. The SMILES string of the molecule is [2H]C1(N2Cc3cc(CCC(=O)C(F)(F)c4ccc(Cl)cc4)ccc3C2=O)CCC(=O)NC1=O. The van der Waals surface area contributed by atoms with Crippen LogP contribution in [0.3, 0.4) is 0 Å². The maximum Gasteiger partial charge on any atom is 0.330 e. The van der Waals surface area contributed by atoms with Crippen molar-refractivity contribution in [3.63, 3.8) is 0 Å². The van der Waals surface area contributed by atoms with Crippen LogP contribution < -0.4 is 5.32 Å². The van der Waals surface area contributed by atoms with Crippen molar-refractivity contribution in [2.45, 2.75) is 44.2 Å². The number of piperidine rings is 1. The van der Waals surface area contributed by atoms with Crippen LogP contribution in [-0.2, 0) is 33.3 Å². The second-order valence-corrected chi connectivity index (χ2v) is 8.15. The van der Waals surface area contributed by atoms with E-state index in [9.17, 15) is 28.0 Å². The third-order valence-corrected chi connectivity index (χ3v) is 5.85. The highest BCUT2D eigenvalue weighted by molar-refractivity contribution is 6.30. The van der Waals surface area contributed by atoms with Gasteiger partial charge in [0.15, 0.2) is 0 Å². The first kappa shape index (κ1) is 20.8. The number of fused-ring (bicyclic) bond motifs is 1. The molecule has 1 unspecified atom stereocenters. The number of nitrogens with zero attached hydrogens (tertiary/aromatic N) is 1. The number of alkyl halides is 2. The number of hydrogen-bond donors (Lipinski definition) is 1. The Morgan fingerprint density at radius 3 is 2.59 bits per heavy atom. The van der Waals surface area contributed by atoms with Crippen LogP contribution in [0.5, 0.6) is 0 Å². The molecule has 9 heteroatoms. The van der Waals surface area contributed by atoms with Crippen molar-refractivity contribution < 1.29 is 29.3 Å². The standard InChI is InChI=1S/C23H19ClF2N2O4/c24-16-5-3-15(4-6-16)23(25,26)19(29)9-2-13-1-7-17-14(11-13)12-28(22(17)32)18-8-10-20(30)27-21(18)31/h1,3-7,11,18H,2,8-10,12H2,(H,27,30,31)/i18D. The Kier molecular flexibility index (Phi) is 5.46. The van der Waals surface area contributed by atoms with Crippen LogP contribution in [0.1, 0.15) is 47.7 Å². The minimum absolute atomic E-state index is 0.0258. The average molecular weight is 462 g/mol. The predicted molar refractivity (Wildman–Crippen MR) is 111 cm³/mol. The lowest BCUT2D eigenvalue weighted by atomic mass is 9.97. The monoisotopic (exact) mass is 461 g/mol. The summed E-state index contributed by atoms with van der Waals surface area (Å²) in [5.41, 5.74) is 0.974. The zero-order valence-electron chi connectivity index (χ0n) is 17.8. The maximum atomic E-state index is 14.5. The third-order valence-electron chi connectivity index (χ3n) is 5.60. The van der Waals surface area contributed by atoms with Crippen molar-refractivity contribution in [2.24, 2.45) is 0 Å². The van der Waals surface area contributed by atoms with E-state index in [-0.39, 0.29) is 30.8 Å². The van der Waals surface area contributed by atoms with Gasteiger partial charge in [-0.05, 0) is 42.2 Å². The number of rotatable bonds is 6. The summed E-state index contributed by atoms with van der Waals surface area (Å²) in [6, 6.07) is 7.60. The van der Waals surface area contributed by atoms with Gasteiger partial charge in [-0.25, -0.2) is 0 Å². The molecule has 3 amide bonds. The topological polar surface area (TPSA) is 83.6 Å². The van der Waals surface area contributed by atoms with Crippen LogP contribution in [-0.4, -0.2) is 34.4 Å². The van der Waals surface area contributed by atoms with E-state index in [0.29, 0.717) is 16.7 Å². The van der Waals surface area contributed by atoms with E-state index >= 15 is 0 Å². The third kappa shape index (κ3) is 4.14. The Morgan fingerprint density at radius 2 is 1.91 bits per heavy atom. The second kappa shape index (κ2) is 8.43. The summed E-state index contributed by atoms with van der Waals surface area (Å²) in [5.74, 6) is -6.75. The van der Waals surface area contributed by atoms with E-state index in [2.05, 4.69) is 5.32 Å². The summed E-state index contributed by atoms with van der Waals surface area (Å²) in [6.45, 7) is -0.0258. The van der Waals surface area contributed by atoms with Gasteiger partial charge in [0.25, 0.3) is 5.91 Å². The summed E-state index contributed by atoms with van der Waals surface area (Å²) < 4.78 is 37.5. The number of halogens is 3. The van der Waals surface area contributed by atoms with Crippen molar-refractivity contribution >= 4 is 35.1 Å². The van der Waals surface area contributed by atoms with Gasteiger partial charge >= 0.3 is 5.92 Å². The Bertz CT molecular complexity index is 1170. The number of aryl methyl sites for hydroxylation is 1. The first-order chi connectivity index (χ1) is 15.5. The Morgan fingerprint density at radius 1 is 1.19 bits per heavy atom. The molecule has 32 heavy (non-hydrogen) atoms. The van der Waals surface area contributed by atoms with Crippen LogP contribution in [0.4, 0.5) is 8.78 Å². The number of imide groups is 1. The molecular formula is C23H19ClF2N2O4. The van der Waals surface area contributed by atoms with Gasteiger partial charge in [-0.1, -0.05) is 35.9 Å². The summed E-state index contributed by atoms with van der Waals surface area (Å²) in [6.07, 6.45) is -0.549. The van der Waals surface area contributed by atoms with Crippen LogP contribution >= 0.6 is 11.6 Å². The molecule has 0 aliphatic carbocycles. The van der Waals surface area contributed by atoms with Crippen LogP contribution in [0.25, 0.3) is 0 Å². The first-order valence-corrected chi connectivity index (χ1v) is 10.4. The van der Waals surface area contributed by atoms with E-state index in [0.717, 1.165) is 17.0 Å². The highest BCUT2D eigenvalue weighted by Crippen LogP contribution is 2.32. The molecule has 0 aromatic heterocycles. The van der Waals surface area contributed by atoms with Gasteiger partial charge in [0.2, 0.25) is 17.6 Å². The fourth-order valence-corrected chi connectivity index (χ4v) is 3.97. The van der Waals surface area contributed by atoms with Crippen molar-refractivity contribution in [1.82, 2.24) is 10.2 Å². The van der Waals surface area contributed by atoms with Crippen LogP contribution in [0.2, 0.25) is 5.02 Å². The van der Waals surface area contributed by atoms with E-state index in [1.807, 2.05) is 0 Å². The van der Waals surface area contributed by atoms with Crippen molar-refractivity contribution in [2.75, 3.05) is 0 Å². The van der Waals surface area contributed by atoms with Gasteiger partial charge in [0, 0.05) is 35.5 Å². The molecule has 166 valence electrons. The number of nitrogens with one attached hydrogen (secondary N) is 1. The number of benzene rings is 2. The first-order valence-electron chi connectivity index (χ1n) is 10.5. The molecule has 2 aliphatic heterocycles. The van der Waals surface area contributed by atoms with Gasteiger partial charge in [0.05, 0.1) is 1.37 Å². The number of carbonyl (C=O) groups is 4. The highest BCUT2D eigenvalue weighted by Gasteiger charge is 2.41. The number of carbonyl (C=O) groups excluding carboxylic acids is 4. The molecule has 1 atom stereocenters. The van der Waals surface area contributed by atoms with Crippen molar-refractivity contribution in [1.29, 1.82) is 0 Å². The van der Waals surface area contributed by atoms with Crippen molar-refractivity contribution in [3.05, 3.63) is 69.7 Å². The Labute approximate surface area is 188 Å². The second-order valence-electron chi connectivity index (χ2n) is 7.71. The molecule has 0 saturated carbocycles. The molecule has 0 radical (unpaired) electrons. The normalized spacial score (nSPS) is 21.3. The van der Waals surface area contributed by atoms with Gasteiger partial charge < -0.3 is 4.90 Å². The minimum Gasteiger partial charge on any atom is -0.322 e. The molecule has 2 heterocycles. The molecular weight excluding hydrogens is 442 g/mol. The van der Waals surface area contributed by atoms with E-state index in [4.69, 9.17) is 13.0 Å². The summed E-state index contributed by atoms with van der Waals surface area (Å²) >= 11 is 5.72. The largest absolute Gasteiger partial charge is 0.330 e. The minimum atomic E-state index is -3.66. The number of ketones is 1. The molecule has 2 aliphatic rings.